The van der Waals surface area contributed by atoms with E-state index in [1.165, 1.54) is 0 Å². The summed E-state index contributed by atoms with van der Waals surface area (Å²) in [5, 5.41) is 32.5. The molecule has 0 aromatic carbocycles. The molecule has 0 fully saturated rings. The summed E-state index contributed by atoms with van der Waals surface area (Å²) in [6, 6.07) is 0. The first kappa shape index (κ1) is 18.6. The molecule has 4 N–H and O–H groups in total. The topological polar surface area (TPSA) is 115 Å². The van der Waals surface area contributed by atoms with E-state index >= 15 is 0 Å². The van der Waals surface area contributed by atoms with Gasteiger partial charge in [0.25, 0.3) is 0 Å². The first-order valence-corrected chi connectivity index (χ1v) is 2.28. The van der Waals surface area contributed by atoms with Gasteiger partial charge in [0.2, 0.25) is 0 Å². The second-order valence-corrected chi connectivity index (χ2v) is 1.57. The Labute approximate surface area is 114 Å². The second-order valence-electron chi connectivity index (χ2n) is 1.57. The molecule has 0 saturated heterocycles. The quantitative estimate of drug-likeness (QED) is 0.334. The van der Waals surface area contributed by atoms with Crippen molar-refractivity contribution >= 4 is 11.9 Å². The van der Waals surface area contributed by atoms with Crippen LogP contribution in [-0.2, 0) is 9.59 Å². The molecule has 6 nitrogen and oxygen atoms in total. The van der Waals surface area contributed by atoms with Crippen LogP contribution in [0.2, 0.25) is 0 Å². The molecule has 12 heavy (non-hydrogen) atoms. The fraction of sp³-hybridized carbons (Fsp3) is 0.500. The van der Waals surface area contributed by atoms with E-state index in [-0.39, 0.29) is 60.5 Å². The molecule has 0 radical (unpaired) electrons. The third-order valence-corrected chi connectivity index (χ3v) is 0.805. The predicted octanol–water partition coefficient (Wildman–Crippen LogP) is -8.00. The largest absolute Gasteiger partial charge is 1.00 e. The molecule has 8 heteroatoms. The second kappa shape index (κ2) is 8.46. The molecule has 0 saturated carbocycles. The van der Waals surface area contributed by atoms with E-state index in [4.69, 9.17) is 20.4 Å². The minimum atomic E-state index is -2.27. The van der Waals surface area contributed by atoms with Gasteiger partial charge in [-0.15, -0.1) is 0 Å². The number of hydrogen-bond donors (Lipinski definition) is 4. The first-order valence-electron chi connectivity index (χ1n) is 2.28. The van der Waals surface area contributed by atoms with E-state index in [0.29, 0.717) is 0 Å². The summed E-state index contributed by atoms with van der Waals surface area (Å²) in [6.45, 7) is 0. The monoisotopic (exact) mass is 197 g/mol. The number of carboxylic acids is 2. The Hall–Kier alpha value is 0.860. The van der Waals surface area contributed by atoms with Crippen molar-refractivity contribution < 1.29 is 90.6 Å². The van der Waals surface area contributed by atoms with Gasteiger partial charge in [0, 0.05) is 0 Å². The molecule has 0 aliphatic carbocycles. The molecule has 0 heterocycles. The number of carboxylic acid groups (broad SMARTS) is 2. The molecule has 0 spiro atoms. The Morgan fingerprint density at radius 2 is 1.08 bits per heavy atom. The average Bonchev–Trinajstić information content (AvgIpc) is 1.84. The number of hydrogen-bond acceptors (Lipinski definition) is 4. The van der Waals surface area contributed by atoms with Gasteiger partial charge in [-0.3, -0.25) is 0 Å². The molecule has 0 amide bonds. The van der Waals surface area contributed by atoms with E-state index in [1.54, 1.807) is 0 Å². The zero-order valence-corrected chi connectivity index (χ0v) is 10.8. The van der Waals surface area contributed by atoms with Gasteiger partial charge in [-0.25, -0.2) is 9.59 Å². The Morgan fingerprint density at radius 3 is 1.17 bits per heavy atom. The normalized spacial score (nSPS) is 13.2. The molecule has 0 rings (SSSR count). The molecule has 0 aliphatic rings. The number of carbonyl (C=O) groups is 2. The van der Waals surface area contributed by atoms with Gasteiger partial charge in [0.1, 0.15) is 0 Å². The van der Waals surface area contributed by atoms with E-state index in [1.807, 2.05) is 0 Å². The smallest absolute Gasteiger partial charge is 0.479 e. The van der Waals surface area contributed by atoms with Gasteiger partial charge in [-0.2, -0.15) is 0 Å². The van der Waals surface area contributed by atoms with Gasteiger partial charge in [-0.05, 0) is 0 Å². The SMILES string of the molecule is O=C(O)C(O)C(O)C(=O)O.[H+].[Na+].[Na+]. The van der Waals surface area contributed by atoms with Crippen molar-refractivity contribution in [1.82, 2.24) is 0 Å². The van der Waals surface area contributed by atoms with Crippen LogP contribution in [0, 0.1) is 0 Å². The van der Waals surface area contributed by atoms with Crippen molar-refractivity contribution in [3.05, 3.63) is 0 Å². The molecular formula is C4H7Na2O6+3. The van der Waals surface area contributed by atoms with Crippen LogP contribution in [0.25, 0.3) is 0 Å². The van der Waals surface area contributed by atoms with Crippen LogP contribution >= 0.6 is 0 Å². The van der Waals surface area contributed by atoms with Crippen molar-refractivity contribution in [1.29, 1.82) is 0 Å². The average molecular weight is 197 g/mol. The van der Waals surface area contributed by atoms with E-state index in [2.05, 4.69) is 0 Å². The van der Waals surface area contributed by atoms with Gasteiger partial charge >= 0.3 is 72.5 Å². The molecule has 0 aromatic rings. The summed E-state index contributed by atoms with van der Waals surface area (Å²) in [7, 11) is 0. The van der Waals surface area contributed by atoms with Crippen LogP contribution < -0.4 is 59.1 Å². The number of aliphatic carboxylic acids is 2. The number of aliphatic hydroxyl groups excluding tert-OH is 2. The standard InChI is InChI=1S/C4H6O6.2Na/c5-1(3(7)8)2(6)4(9)10;;/h1-2,5-6H,(H,7,8)(H,9,10);;/q;2*+1/p+1. The van der Waals surface area contributed by atoms with Crippen molar-refractivity contribution in [3.63, 3.8) is 0 Å². The van der Waals surface area contributed by atoms with Crippen LogP contribution in [0.1, 0.15) is 1.43 Å². The van der Waals surface area contributed by atoms with Gasteiger partial charge in [-0.1, -0.05) is 0 Å². The van der Waals surface area contributed by atoms with E-state index in [9.17, 15) is 9.59 Å². The van der Waals surface area contributed by atoms with Crippen LogP contribution in [0.3, 0.4) is 0 Å². The van der Waals surface area contributed by atoms with Crippen LogP contribution in [-0.4, -0.2) is 44.6 Å². The summed E-state index contributed by atoms with van der Waals surface area (Å²) >= 11 is 0. The summed E-state index contributed by atoms with van der Waals surface area (Å²) in [5.41, 5.74) is 0. The van der Waals surface area contributed by atoms with Crippen LogP contribution in [0.5, 0.6) is 0 Å². The molecule has 2 unspecified atom stereocenters. The summed E-state index contributed by atoms with van der Waals surface area (Å²) in [6.07, 6.45) is -4.53. The molecule has 2 atom stereocenters. The van der Waals surface area contributed by atoms with Gasteiger partial charge in [0.05, 0.1) is 0 Å². The summed E-state index contributed by atoms with van der Waals surface area (Å²) in [4.78, 5) is 19.5. The van der Waals surface area contributed by atoms with Crippen molar-refractivity contribution in [2.24, 2.45) is 0 Å². The van der Waals surface area contributed by atoms with Crippen molar-refractivity contribution in [2.45, 2.75) is 12.2 Å². The van der Waals surface area contributed by atoms with Crippen molar-refractivity contribution in [3.8, 4) is 0 Å². The molecule has 58 valence electrons. The third-order valence-electron chi connectivity index (χ3n) is 0.805. The summed E-state index contributed by atoms with van der Waals surface area (Å²) in [5.74, 6) is -3.54. The number of rotatable bonds is 3. The van der Waals surface area contributed by atoms with Crippen molar-refractivity contribution in [2.75, 3.05) is 0 Å². The Bertz CT molecular complexity index is 147. The molecule has 0 aliphatic heterocycles. The zero-order chi connectivity index (χ0) is 8.31. The maximum absolute atomic E-state index is 9.77. The van der Waals surface area contributed by atoms with Gasteiger partial charge < -0.3 is 20.4 Å². The Balaban J connectivity index is -0.000000135. The zero-order valence-electron chi connectivity index (χ0n) is 7.76. The fourth-order valence-corrected chi connectivity index (χ4v) is 0.270. The molecule has 0 aromatic heterocycles. The minimum Gasteiger partial charge on any atom is -0.479 e. The van der Waals surface area contributed by atoms with Crippen LogP contribution in [0.15, 0.2) is 0 Å². The summed E-state index contributed by atoms with van der Waals surface area (Å²) < 4.78 is 0. The van der Waals surface area contributed by atoms with Gasteiger partial charge in [0.15, 0.2) is 12.2 Å². The maximum Gasteiger partial charge on any atom is 1.00 e. The van der Waals surface area contributed by atoms with E-state index < -0.39 is 24.1 Å². The number of aliphatic hydroxyl groups is 2. The van der Waals surface area contributed by atoms with E-state index in [0.717, 1.165) is 0 Å². The minimum absolute atomic E-state index is 0. The maximum atomic E-state index is 9.77. The fourth-order valence-electron chi connectivity index (χ4n) is 0.270. The first-order chi connectivity index (χ1) is 4.46. The van der Waals surface area contributed by atoms with Crippen LogP contribution in [0.4, 0.5) is 0 Å². The Kier molecular flexibility index (Phi) is 13.1. The molecule has 0 bridgehead atoms. The molecular weight excluding hydrogens is 190 g/mol. The Morgan fingerprint density at radius 1 is 0.917 bits per heavy atom. The predicted molar refractivity (Wildman–Crippen MR) is 28.4 cm³/mol. The third kappa shape index (κ3) is 6.38.